The zero-order valence-corrected chi connectivity index (χ0v) is 9.35. The van der Waals surface area contributed by atoms with Crippen LogP contribution < -0.4 is 0 Å². The molecule has 15 heavy (non-hydrogen) atoms. The molecule has 4 nitrogen and oxygen atoms in total. The molecule has 6 heteroatoms. The topological polar surface area (TPSA) is 56.5 Å². The molecular weight excluding hydrogens is 240 g/mol. The molecule has 0 radical (unpaired) electrons. The Morgan fingerprint density at radius 3 is 3.00 bits per heavy atom. The maximum Gasteiger partial charge on any atom is 0.288 e. The molecule has 80 valence electrons. The lowest BCUT2D eigenvalue weighted by Crippen LogP contribution is -1.96. The van der Waals surface area contributed by atoms with E-state index in [9.17, 15) is 4.79 Å². The van der Waals surface area contributed by atoms with Crippen LogP contribution in [-0.2, 0) is 11.2 Å². The van der Waals surface area contributed by atoms with Gasteiger partial charge in [-0.2, -0.15) is 4.01 Å². The van der Waals surface area contributed by atoms with Gasteiger partial charge in [-0.15, -0.1) is 0 Å². The van der Waals surface area contributed by atoms with Gasteiger partial charge in [0.15, 0.2) is 5.58 Å². The van der Waals surface area contributed by atoms with Crippen LogP contribution in [0.25, 0.3) is 11.2 Å². The van der Waals surface area contributed by atoms with E-state index in [0.29, 0.717) is 21.8 Å². The molecule has 0 unspecified atom stereocenters. The predicted molar refractivity (Wildman–Crippen MR) is 55.6 cm³/mol. The monoisotopic (exact) mass is 246 g/mol. The fourth-order valence-corrected chi connectivity index (χ4v) is 1.77. The van der Waals surface area contributed by atoms with Gasteiger partial charge in [0, 0.05) is 17.5 Å². The molecule has 0 atom stereocenters. The SMILES string of the molecule is CC(=O)Cc1cc2oosoc2cc1Cl. The van der Waals surface area contributed by atoms with Crippen LogP contribution in [0.15, 0.2) is 24.6 Å². The van der Waals surface area contributed by atoms with Gasteiger partial charge in [-0.25, -0.2) is 0 Å². The molecule has 0 aliphatic rings. The Labute approximate surface area is 94.1 Å². The number of hydrogen-bond acceptors (Lipinski definition) is 5. The van der Waals surface area contributed by atoms with Crippen molar-refractivity contribution in [2.24, 2.45) is 0 Å². The fourth-order valence-electron chi connectivity index (χ4n) is 1.21. The fraction of sp³-hybridized carbons (Fsp3) is 0.222. The Morgan fingerprint density at radius 1 is 1.47 bits per heavy atom. The smallest absolute Gasteiger partial charge is 0.288 e. The molecular formula is C9H7ClO4S. The number of halogens is 1. The lowest BCUT2D eigenvalue weighted by molar-refractivity contribution is -0.116. The molecule has 1 aromatic heterocycles. The van der Waals surface area contributed by atoms with Crippen molar-refractivity contribution in [2.75, 3.05) is 0 Å². The average molecular weight is 247 g/mol. The van der Waals surface area contributed by atoms with Crippen LogP contribution in [0.5, 0.6) is 0 Å². The summed E-state index contributed by atoms with van der Waals surface area (Å²) in [6.45, 7) is 1.50. The molecule has 1 heterocycles. The van der Waals surface area contributed by atoms with Gasteiger partial charge in [-0.3, -0.25) is 9.37 Å². The normalized spacial score (nSPS) is 10.5. The van der Waals surface area contributed by atoms with Gasteiger partial charge in [0.05, 0.1) is 0 Å². The van der Waals surface area contributed by atoms with E-state index in [2.05, 4.69) is 4.01 Å². The summed E-state index contributed by atoms with van der Waals surface area (Å²) in [7, 11) is 0. The number of carbonyl (C=O) groups is 1. The van der Waals surface area contributed by atoms with E-state index < -0.39 is 0 Å². The highest BCUT2D eigenvalue weighted by molar-refractivity contribution is 6.93. The Kier molecular flexibility index (Phi) is 2.83. The first-order valence-corrected chi connectivity index (χ1v) is 5.21. The molecule has 0 amide bonds. The van der Waals surface area contributed by atoms with Crippen LogP contribution >= 0.6 is 23.5 Å². The standard InChI is InChI=1S/C9H7ClO4S/c1-5(11)2-6-3-8-9(4-7(6)10)13-15-14-12-8/h3-4H,2H2,1H3. The highest BCUT2D eigenvalue weighted by Gasteiger charge is 2.09. The van der Waals surface area contributed by atoms with E-state index in [4.69, 9.17) is 20.0 Å². The Hall–Kier alpha value is -1.20. The van der Waals surface area contributed by atoms with E-state index >= 15 is 0 Å². The summed E-state index contributed by atoms with van der Waals surface area (Å²) < 4.78 is 14.5. The minimum Gasteiger partial charge on any atom is -0.366 e. The van der Waals surface area contributed by atoms with Crippen LogP contribution in [0.3, 0.4) is 0 Å². The number of ketones is 1. The lowest BCUT2D eigenvalue weighted by Gasteiger charge is -2.01. The van der Waals surface area contributed by atoms with Crippen molar-refractivity contribution in [1.82, 2.24) is 0 Å². The average Bonchev–Trinajstić information content (AvgIpc) is 2.18. The van der Waals surface area contributed by atoms with Crippen molar-refractivity contribution in [3.8, 4) is 0 Å². The molecule has 0 spiro atoms. The van der Waals surface area contributed by atoms with Crippen LogP contribution in [0, 0.1) is 0 Å². The molecule has 0 aliphatic carbocycles. The zero-order valence-electron chi connectivity index (χ0n) is 7.78. The highest BCUT2D eigenvalue weighted by atomic mass is 35.5. The summed E-state index contributed by atoms with van der Waals surface area (Å²) in [4.78, 5) is 11.0. The molecule has 0 aliphatic heterocycles. The minimum absolute atomic E-state index is 0.0314. The molecule has 1 aromatic carbocycles. The van der Waals surface area contributed by atoms with Gasteiger partial charge in [0.1, 0.15) is 5.78 Å². The number of benzene rings is 1. The number of Topliss-reactive ketones (excluding diaryl/α,β-unsaturated/α-hetero) is 1. The number of hydrogen-bond donors (Lipinski definition) is 0. The Balaban J connectivity index is 2.56. The number of rotatable bonds is 2. The van der Waals surface area contributed by atoms with Crippen LogP contribution in [0.1, 0.15) is 12.5 Å². The van der Waals surface area contributed by atoms with E-state index in [1.54, 1.807) is 12.1 Å². The van der Waals surface area contributed by atoms with Crippen molar-refractivity contribution >= 4 is 40.5 Å². The summed E-state index contributed by atoms with van der Waals surface area (Å²) in [5, 5.41) is 0.482. The molecule has 2 rings (SSSR count). The summed E-state index contributed by atoms with van der Waals surface area (Å²) >= 11 is 6.69. The third-order valence-electron chi connectivity index (χ3n) is 1.83. The van der Waals surface area contributed by atoms with Crippen molar-refractivity contribution in [2.45, 2.75) is 13.3 Å². The van der Waals surface area contributed by atoms with Gasteiger partial charge in [-0.1, -0.05) is 11.6 Å². The van der Waals surface area contributed by atoms with Crippen molar-refractivity contribution in [3.63, 3.8) is 0 Å². The molecule has 0 saturated heterocycles. The quantitative estimate of drug-likeness (QED) is 0.760. The summed E-state index contributed by atoms with van der Waals surface area (Å²) in [6, 6.07) is 3.24. The second-order valence-electron chi connectivity index (χ2n) is 3.07. The molecule has 2 aromatic rings. The van der Waals surface area contributed by atoms with E-state index in [0.717, 1.165) is 11.9 Å². The van der Waals surface area contributed by atoms with Gasteiger partial charge in [0.25, 0.3) is 11.9 Å². The largest absolute Gasteiger partial charge is 0.366 e. The first-order valence-electron chi connectivity index (χ1n) is 4.16. The van der Waals surface area contributed by atoms with Crippen molar-refractivity contribution in [3.05, 3.63) is 22.7 Å². The van der Waals surface area contributed by atoms with Gasteiger partial charge in [-0.05, 0) is 18.6 Å². The van der Waals surface area contributed by atoms with Crippen LogP contribution in [0.4, 0.5) is 0 Å². The molecule has 0 bridgehead atoms. The third-order valence-corrected chi connectivity index (χ3v) is 2.55. The third kappa shape index (κ3) is 2.24. The first kappa shape index (κ1) is 10.3. The Morgan fingerprint density at radius 2 is 2.27 bits per heavy atom. The minimum atomic E-state index is 0.0314. The highest BCUT2D eigenvalue weighted by Crippen LogP contribution is 2.25. The molecule has 0 saturated carbocycles. The summed E-state index contributed by atoms with van der Waals surface area (Å²) in [5.74, 6) is 0.0314. The van der Waals surface area contributed by atoms with Crippen LogP contribution in [-0.4, -0.2) is 5.78 Å². The second-order valence-corrected chi connectivity index (χ2v) is 3.92. The number of fused-ring (bicyclic) bond motifs is 1. The zero-order chi connectivity index (χ0) is 10.8. The van der Waals surface area contributed by atoms with E-state index in [-0.39, 0.29) is 12.2 Å². The number of carbonyl (C=O) groups excluding carboxylic acids is 1. The van der Waals surface area contributed by atoms with Crippen LogP contribution in [0.2, 0.25) is 5.02 Å². The molecule has 0 N–H and O–H groups in total. The van der Waals surface area contributed by atoms with Crippen molar-refractivity contribution < 1.29 is 17.2 Å². The van der Waals surface area contributed by atoms with Gasteiger partial charge >= 0.3 is 0 Å². The van der Waals surface area contributed by atoms with Crippen molar-refractivity contribution in [1.29, 1.82) is 0 Å². The van der Waals surface area contributed by atoms with E-state index in [1.807, 2.05) is 0 Å². The summed E-state index contributed by atoms with van der Waals surface area (Å²) in [5.41, 5.74) is 1.61. The predicted octanol–water partition coefficient (Wildman–Crippen LogP) is 3.59. The Bertz CT molecular complexity index is 529. The van der Waals surface area contributed by atoms with Gasteiger partial charge < -0.3 is 3.85 Å². The van der Waals surface area contributed by atoms with E-state index in [1.165, 1.54) is 6.92 Å². The maximum absolute atomic E-state index is 11.0. The van der Waals surface area contributed by atoms with Gasteiger partial charge in [0.2, 0.25) is 5.58 Å². The molecule has 0 fully saturated rings. The maximum atomic E-state index is 11.0. The lowest BCUT2D eigenvalue weighted by atomic mass is 10.1. The first-order chi connectivity index (χ1) is 7.16. The summed E-state index contributed by atoms with van der Waals surface area (Å²) in [6.07, 6.45) is 0.266. The second kappa shape index (κ2) is 4.12.